The summed E-state index contributed by atoms with van der Waals surface area (Å²) in [5.41, 5.74) is 7.06. The predicted molar refractivity (Wildman–Crippen MR) is 133 cm³/mol. The van der Waals surface area contributed by atoms with E-state index in [-0.39, 0.29) is 25.4 Å². The first-order chi connectivity index (χ1) is 16.8. The van der Waals surface area contributed by atoms with Crippen molar-refractivity contribution in [1.82, 2.24) is 5.32 Å². The first-order valence-corrected chi connectivity index (χ1v) is 11.8. The van der Waals surface area contributed by atoms with Gasteiger partial charge in [0.2, 0.25) is 0 Å². The number of rotatable bonds is 10. The zero-order valence-corrected chi connectivity index (χ0v) is 21.0. The van der Waals surface area contributed by atoms with E-state index >= 15 is 0 Å². The third-order valence-electron chi connectivity index (χ3n) is 6.10. The number of fused-ring (bicyclic) bond motifs is 3. The molecule has 1 amide bonds. The summed E-state index contributed by atoms with van der Waals surface area (Å²) in [5, 5.41) is 22.0. The van der Waals surface area contributed by atoms with E-state index in [1.807, 2.05) is 48.5 Å². The highest BCUT2D eigenvalue weighted by atomic mass is 16.6. The van der Waals surface area contributed by atoms with E-state index in [4.69, 9.17) is 15.2 Å². The molecular weight excluding hydrogens is 464 g/mol. The van der Waals surface area contributed by atoms with Crippen LogP contribution in [0.1, 0.15) is 57.6 Å². The minimum absolute atomic E-state index is 0.0232. The Morgan fingerprint density at radius 3 is 2.00 bits per heavy atom. The topological polar surface area (TPSA) is 148 Å². The lowest BCUT2D eigenvalue weighted by molar-refractivity contribution is -0.169. The Hall–Kier alpha value is -3.27. The largest absolute Gasteiger partial charge is 0.480 e. The molecule has 0 aliphatic heterocycles. The normalized spacial score (nSPS) is 16.3. The van der Waals surface area contributed by atoms with Gasteiger partial charge in [-0.3, -0.25) is 4.79 Å². The lowest BCUT2D eigenvalue weighted by Crippen LogP contribution is -2.59. The Labute approximate surface area is 210 Å². The van der Waals surface area contributed by atoms with E-state index in [0.717, 1.165) is 29.2 Å². The number of carboxylic acid groups (broad SMARTS) is 1. The highest BCUT2D eigenvalue weighted by Crippen LogP contribution is 2.44. The number of hydrogen-bond acceptors (Lipinski definition) is 7. The van der Waals surface area contributed by atoms with Crippen molar-refractivity contribution in [2.75, 3.05) is 6.61 Å². The highest BCUT2D eigenvalue weighted by Gasteiger charge is 2.42. The van der Waals surface area contributed by atoms with Crippen molar-refractivity contribution in [2.45, 2.75) is 69.9 Å². The maximum Gasteiger partial charge on any atom is 0.407 e. The Morgan fingerprint density at radius 1 is 0.972 bits per heavy atom. The number of benzene rings is 2. The van der Waals surface area contributed by atoms with Gasteiger partial charge < -0.3 is 30.7 Å². The fourth-order valence-corrected chi connectivity index (χ4v) is 4.29. The second-order valence-corrected chi connectivity index (χ2v) is 10.2. The molecule has 3 atom stereocenters. The Bertz CT molecular complexity index is 1080. The number of nitrogens with two attached hydrogens (primary N) is 1. The molecule has 194 valence electrons. The number of aliphatic hydroxyl groups is 1. The molecule has 1 aliphatic rings. The van der Waals surface area contributed by atoms with E-state index in [1.54, 1.807) is 20.8 Å². The van der Waals surface area contributed by atoms with Crippen molar-refractivity contribution in [3.8, 4) is 11.1 Å². The third kappa shape index (κ3) is 6.29. The fraction of sp³-hybridized carbons (Fsp3) is 0.444. The first kappa shape index (κ1) is 27.3. The second-order valence-electron chi connectivity index (χ2n) is 10.2. The molecule has 9 heteroatoms. The number of carbonyl (C=O) groups is 3. The Balaban J connectivity index is 1.71. The summed E-state index contributed by atoms with van der Waals surface area (Å²) < 4.78 is 10.9. The molecule has 0 spiro atoms. The van der Waals surface area contributed by atoms with Gasteiger partial charge in [0, 0.05) is 12.3 Å². The van der Waals surface area contributed by atoms with Gasteiger partial charge in [-0.2, -0.15) is 0 Å². The van der Waals surface area contributed by atoms with Crippen LogP contribution < -0.4 is 11.1 Å². The van der Waals surface area contributed by atoms with Crippen LogP contribution in [0.15, 0.2) is 48.5 Å². The van der Waals surface area contributed by atoms with Crippen molar-refractivity contribution in [2.24, 2.45) is 5.73 Å². The van der Waals surface area contributed by atoms with Crippen LogP contribution in [0.25, 0.3) is 11.1 Å². The first-order valence-electron chi connectivity index (χ1n) is 11.8. The summed E-state index contributed by atoms with van der Waals surface area (Å²) in [7, 11) is 0. The average molecular weight is 499 g/mol. The molecule has 0 saturated heterocycles. The van der Waals surface area contributed by atoms with Gasteiger partial charge in [0.1, 0.15) is 6.61 Å². The molecule has 1 aliphatic carbocycles. The van der Waals surface area contributed by atoms with Gasteiger partial charge >= 0.3 is 12.1 Å². The van der Waals surface area contributed by atoms with Gasteiger partial charge in [0.25, 0.3) is 0 Å². The second kappa shape index (κ2) is 10.8. The van der Waals surface area contributed by atoms with Gasteiger partial charge in [0.05, 0.1) is 11.6 Å². The minimum Gasteiger partial charge on any atom is -0.480 e. The molecule has 0 radical (unpaired) electrons. The van der Waals surface area contributed by atoms with E-state index in [1.165, 1.54) is 0 Å². The molecule has 5 N–H and O–H groups in total. The molecule has 9 nitrogen and oxygen atoms in total. The summed E-state index contributed by atoms with van der Waals surface area (Å²) in [6.45, 7) is 6.36. The van der Waals surface area contributed by atoms with Crippen LogP contribution in [0, 0.1) is 0 Å². The van der Waals surface area contributed by atoms with Crippen molar-refractivity contribution in [1.29, 1.82) is 0 Å². The summed E-state index contributed by atoms with van der Waals surface area (Å²) in [6, 6.07) is 14.4. The maximum absolute atomic E-state index is 12.9. The molecule has 0 fully saturated rings. The zero-order valence-electron chi connectivity index (χ0n) is 21.0. The number of ether oxygens (including phenoxy) is 2. The summed E-state index contributed by atoms with van der Waals surface area (Å²) in [6.07, 6.45) is -2.24. The van der Waals surface area contributed by atoms with Crippen LogP contribution in [-0.2, 0) is 19.1 Å². The van der Waals surface area contributed by atoms with Crippen molar-refractivity contribution in [3.63, 3.8) is 0 Å². The number of carbonyl (C=O) groups excluding carboxylic acids is 2. The SMILES string of the molecule is CC(C)(C)O[C@H](O)CC[C@H](NC(=O)OCC1c2ccccc2-c2ccccc21)C(=O)C(C)(N)C(=O)O. The van der Waals surface area contributed by atoms with Gasteiger partial charge in [-0.05, 0) is 56.4 Å². The standard InChI is InChI=1S/C27H34N2O7/c1-26(2,3)36-22(30)14-13-21(23(31)27(4,28)24(32)33)29-25(34)35-15-20-18-11-7-5-9-16(18)17-10-6-8-12-19(17)20/h5-12,20-22,30H,13-15,28H2,1-4H3,(H,29,34)(H,32,33)/t21-,22-,27?/m0/s1. The van der Waals surface area contributed by atoms with Crippen LogP contribution in [0.2, 0.25) is 0 Å². The third-order valence-corrected chi connectivity index (χ3v) is 6.10. The molecule has 0 bridgehead atoms. The lowest BCUT2D eigenvalue weighted by atomic mass is 9.90. The Morgan fingerprint density at radius 2 is 1.50 bits per heavy atom. The number of Topliss-reactive ketones (excluding diaryl/α,β-unsaturated/α-hetero) is 1. The van der Waals surface area contributed by atoms with Crippen molar-refractivity contribution < 1.29 is 34.1 Å². The number of carboxylic acids is 1. The number of ketones is 1. The highest BCUT2D eigenvalue weighted by molar-refractivity contribution is 6.10. The molecule has 0 heterocycles. The minimum atomic E-state index is -2.24. The Kier molecular flexibility index (Phi) is 8.18. The summed E-state index contributed by atoms with van der Waals surface area (Å²) in [5.74, 6) is -2.62. The molecule has 3 rings (SSSR count). The fourth-order valence-electron chi connectivity index (χ4n) is 4.29. The van der Waals surface area contributed by atoms with Crippen LogP contribution >= 0.6 is 0 Å². The number of alkyl carbamates (subject to hydrolysis) is 1. The van der Waals surface area contributed by atoms with Crippen LogP contribution in [0.3, 0.4) is 0 Å². The molecule has 36 heavy (non-hydrogen) atoms. The van der Waals surface area contributed by atoms with Crippen LogP contribution in [-0.4, -0.2) is 58.1 Å². The zero-order chi connectivity index (χ0) is 26.7. The lowest BCUT2D eigenvalue weighted by Gasteiger charge is -2.28. The summed E-state index contributed by atoms with van der Waals surface area (Å²) in [4.78, 5) is 37.2. The molecule has 2 aromatic rings. The van der Waals surface area contributed by atoms with Crippen LogP contribution in [0.4, 0.5) is 4.79 Å². The molecule has 2 aromatic carbocycles. The average Bonchev–Trinajstić information content (AvgIpc) is 3.12. The predicted octanol–water partition coefficient (Wildman–Crippen LogP) is 3.18. The molecule has 0 saturated carbocycles. The van der Waals surface area contributed by atoms with Gasteiger partial charge in [-0.15, -0.1) is 0 Å². The van der Waals surface area contributed by atoms with E-state index in [9.17, 15) is 24.6 Å². The van der Waals surface area contributed by atoms with Crippen molar-refractivity contribution in [3.05, 3.63) is 59.7 Å². The van der Waals surface area contributed by atoms with Crippen molar-refractivity contribution >= 4 is 17.8 Å². The molecular formula is C27H34N2O7. The number of hydrogen-bond donors (Lipinski definition) is 4. The number of aliphatic carboxylic acids is 1. The monoisotopic (exact) mass is 498 g/mol. The van der Waals surface area contributed by atoms with Gasteiger partial charge in [-0.25, -0.2) is 9.59 Å². The van der Waals surface area contributed by atoms with Crippen LogP contribution in [0.5, 0.6) is 0 Å². The quantitative estimate of drug-likeness (QED) is 0.288. The van der Waals surface area contributed by atoms with E-state index in [2.05, 4.69) is 5.32 Å². The maximum atomic E-state index is 12.9. The van der Waals surface area contributed by atoms with E-state index in [0.29, 0.717) is 0 Å². The van der Waals surface area contributed by atoms with Gasteiger partial charge in [0.15, 0.2) is 17.6 Å². The number of amides is 1. The van der Waals surface area contributed by atoms with Gasteiger partial charge in [-0.1, -0.05) is 48.5 Å². The molecule has 1 unspecified atom stereocenters. The molecule has 0 aromatic heterocycles. The number of aliphatic hydroxyl groups excluding tert-OH is 1. The van der Waals surface area contributed by atoms with E-state index < -0.39 is 41.3 Å². The smallest absolute Gasteiger partial charge is 0.407 e. The number of nitrogens with one attached hydrogen (secondary N) is 1. The summed E-state index contributed by atoms with van der Waals surface area (Å²) >= 11 is 0.